The van der Waals surface area contributed by atoms with Crippen LogP contribution >= 0.6 is 0 Å². The van der Waals surface area contributed by atoms with Crippen LogP contribution in [0, 0.1) is 10.1 Å². The van der Waals surface area contributed by atoms with Crippen LogP contribution in [-0.2, 0) is 0 Å². The zero-order valence-corrected chi connectivity index (χ0v) is 11.4. The average Bonchev–Trinajstić information content (AvgIpc) is 2.96. The topological polar surface area (TPSA) is 113 Å². The maximum Gasteiger partial charge on any atom is 0.294 e. The van der Waals surface area contributed by atoms with E-state index >= 15 is 0 Å². The van der Waals surface area contributed by atoms with E-state index in [9.17, 15) is 20.3 Å². The Morgan fingerprint density at radius 1 is 1.43 bits per heavy atom. The molecular weight excluding hydrogens is 276 g/mol. The summed E-state index contributed by atoms with van der Waals surface area (Å²) in [5.41, 5.74) is 0.595. The van der Waals surface area contributed by atoms with E-state index < -0.39 is 17.1 Å². The predicted octanol–water partition coefficient (Wildman–Crippen LogP) is 0.394. The van der Waals surface area contributed by atoms with Crippen LogP contribution in [0.15, 0.2) is 36.7 Å². The molecule has 2 aromatic rings. The minimum atomic E-state index is -1.12. The molecule has 0 aliphatic rings. The fourth-order valence-electron chi connectivity index (χ4n) is 1.98. The normalized spacial score (nSPS) is 13.9. The molecule has 1 aromatic heterocycles. The molecule has 8 nitrogen and oxygen atoms in total. The monoisotopic (exact) mass is 292 g/mol. The average molecular weight is 292 g/mol. The zero-order valence-electron chi connectivity index (χ0n) is 11.4. The highest BCUT2D eigenvalue weighted by molar-refractivity contribution is 5.51. The molecule has 0 aliphatic heterocycles. The van der Waals surface area contributed by atoms with Crippen molar-refractivity contribution in [2.45, 2.75) is 12.2 Å². The van der Waals surface area contributed by atoms with Crippen molar-refractivity contribution in [3.8, 4) is 5.69 Å². The van der Waals surface area contributed by atoms with Crippen molar-refractivity contribution in [1.29, 1.82) is 0 Å². The van der Waals surface area contributed by atoms with Crippen LogP contribution in [-0.4, -0.2) is 44.6 Å². The molecule has 1 aromatic carbocycles. The number of nitro groups is 1. The lowest BCUT2D eigenvalue weighted by atomic mass is 10.1. The fourth-order valence-corrected chi connectivity index (χ4v) is 1.98. The first-order chi connectivity index (χ1) is 10.0. The van der Waals surface area contributed by atoms with Crippen molar-refractivity contribution >= 4 is 5.69 Å². The summed E-state index contributed by atoms with van der Waals surface area (Å²) < 4.78 is 1.31. The van der Waals surface area contributed by atoms with Crippen molar-refractivity contribution in [2.75, 3.05) is 13.6 Å². The van der Waals surface area contributed by atoms with Gasteiger partial charge in [0.25, 0.3) is 5.69 Å². The first-order valence-corrected chi connectivity index (χ1v) is 6.33. The number of rotatable bonds is 6. The largest absolute Gasteiger partial charge is 0.389 e. The molecule has 21 heavy (non-hydrogen) atoms. The maximum atomic E-state index is 11.0. The summed E-state index contributed by atoms with van der Waals surface area (Å²) in [5.74, 6) is 0. The second kappa shape index (κ2) is 6.44. The van der Waals surface area contributed by atoms with Gasteiger partial charge in [0.15, 0.2) is 0 Å². The van der Waals surface area contributed by atoms with E-state index in [2.05, 4.69) is 10.4 Å². The maximum absolute atomic E-state index is 11.0. The molecule has 0 aliphatic carbocycles. The van der Waals surface area contributed by atoms with Crippen LogP contribution in [0.4, 0.5) is 5.69 Å². The third kappa shape index (κ3) is 3.24. The van der Waals surface area contributed by atoms with Gasteiger partial charge in [-0.15, -0.1) is 0 Å². The first kappa shape index (κ1) is 15.1. The minimum Gasteiger partial charge on any atom is -0.389 e. The Morgan fingerprint density at radius 2 is 2.14 bits per heavy atom. The first-order valence-electron chi connectivity index (χ1n) is 6.33. The molecule has 0 radical (unpaired) electrons. The third-order valence-corrected chi connectivity index (χ3v) is 3.05. The molecule has 0 bridgehead atoms. The molecular formula is C13H16N4O4. The van der Waals surface area contributed by atoms with Gasteiger partial charge in [0.05, 0.1) is 17.2 Å². The second-order valence-electron chi connectivity index (χ2n) is 4.53. The highest BCUT2D eigenvalue weighted by atomic mass is 16.6. The predicted molar refractivity (Wildman–Crippen MR) is 75.1 cm³/mol. The summed E-state index contributed by atoms with van der Waals surface area (Å²) in [7, 11) is 1.66. The summed E-state index contributed by atoms with van der Waals surface area (Å²) in [5, 5.41) is 37.5. The molecule has 3 N–H and O–H groups in total. The number of aliphatic hydroxyl groups is 2. The fraction of sp³-hybridized carbons (Fsp3) is 0.308. The van der Waals surface area contributed by atoms with Gasteiger partial charge in [-0.3, -0.25) is 10.1 Å². The van der Waals surface area contributed by atoms with Gasteiger partial charge in [-0.1, -0.05) is 12.1 Å². The number of aromatic nitrogens is 2. The summed E-state index contributed by atoms with van der Waals surface area (Å²) in [4.78, 5) is 10.5. The number of benzene rings is 1. The lowest BCUT2D eigenvalue weighted by Gasteiger charge is -2.15. The van der Waals surface area contributed by atoms with Crippen molar-refractivity contribution in [3.05, 3.63) is 52.3 Å². The summed E-state index contributed by atoms with van der Waals surface area (Å²) >= 11 is 0. The number of aliphatic hydroxyl groups excluding tert-OH is 2. The molecule has 8 heteroatoms. The number of hydrogen-bond donors (Lipinski definition) is 3. The second-order valence-corrected chi connectivity index (χ2v) is 4.53. The van der Waals surface area contributed by atoms with Gasteiger partial charge in [0, 0.05) is 24.4 Å². The molecule has 0 fully saturated rings. The van der Waals surface area contributed by atoms with Crippen molar-refractivity contribution < 1.29 is 15.1 Å². The van der Waals surface area contributed by atoms with Crippen molar-refractivity contribution in [1.82, 2.24) is 15.1 Å². The van der Waals surface area contributed by atoms with Gasteiger partial charge >= 0.3 is 0 Å². The number of hydrogen-bond acceptors (Lipinski definition) is 6. The number of nitrogens with one attached hydrogen (secondary N) is 1. The van der Waals surface area contributed by atoms with Gasteiger partial charge in [0.2, 0.25) is 0 Å². The molecule has 2 atom stereocenters. The number of likely N-dealkylation sites (N-methyl/N-ethyl adjacent to an activating group) is 1. The lowest BCUT2D eigenvalue weighted by Crippen LogP contribution is -2.29. The summed E-state index contributed by atoms with van der Waals surface area (Å²) in [6.07, 6.45) is 0.735. The minimum absolute atomic E-state index is 0.0857. The van der Waals surface area contributed by atoms with E-state index in [1.807, 2.05) is 0 Å². The van der Waals surface area contributed by atoms with Crippen LogP contribution in [0.2, 0.25) is 0 Å². The van der Waals surface area contributed by atoms with Crippen molar-refractivity contribution in [3.63, 3.8) is 0 Å². The van der Waals surface area contributed by atoms with Gasteiger partial charge in [-0.05, 0) is 13.1 Å². The molecule has 2 rings (SSSR count). The van der Waals surface area contributed by atoms with Gasteiger partial charge < -0.3 is 15.5 Å². The van der Waals surface area contributed by atoms with E-state index in [0.717, 1.165) is 0 Å². The Bertz CT molecular complexity index is 628. The Hall–Kier alpha value is -2.29. The van der Waals surface area contributed by atoms with Crippen molar-refractivity contribution in [2.24, 2.45) is 0 Å². The smallest absolute Gasteiger partial charge is 0.294 e. The third-order valence-electron chi connectivity index (χ3n) is 3.05. The van der Waals surface area contributed by atoms with Crippen LogP contribution in [0.3, 0.4) is 0 Å². The highest BCUT2D eigenvalue weighted by Crippen LogP contribution is 2.23. The van der Waals surface area contributed by atoms with Gasteiger partial charge in [0.1, 0.15) is 11.8 Å². The highest BCUT2D eigenvalue weighted by Gasteiger charge is 2.21. The standard InChI is InChI=1S/C13H16N4O4/c1-14-7-12(18)13(19)9-6-15-16(8-9)10-4-2-3-5-11(10)17(20)21/h2-6,8,12-14,18-19H,7H2,1H3. The van der Waals surface area contributed by atoms with Crippen LogP contribution in [0.5, 0.6) is 0 Å². The Morgan fingerprint density at radius 3 is 2.81 bits per heavy atom. The summed E-state index contributed by atoms with van der Waals surface area (Å²) in [6.45, 7) is 0.220. The molecule has 1 heterocycles. The molecule has 2 unspecified atom stereocenters. The lowest BCUT2D eigenvalue weighted by molar-refractivity contribution is -0.384. The van der Waals surface area contributed by atoms with Gasteiger partial charge in [-0.2, -0.15) is 5.10 Å². The Kier molecular flexibility index (Phi) is 4.63. The van der Waals surface area contributed by atoms with Crippen LogP contribution < -0.4 is 5.32 Å². The quantitative estimate of drug-likeness (QED) is 0.524. The molecule has 112 valence electrons. The Balaban J connectivity index is 2.30. The van der Waals surface area contributed by atoms with Gasteiger partial charge in [-0.25, -0.2) is 4.68 Å². The van der Waals surface area contributed by atoms with E-state index in [-0.39, 0.29) is 12.2 Å². The summed E-state index contributed by atoms with van der Waals surface area (Å²) in [6, 6.07) is 6.17. The SMILES string of the molecule is CNCC(O)C(O)c1cnn(-c2ccccc2[N+](=O)[O-])c1. The number of nitro benzene ring substituents is 1. The number of para-hydroxylation sites is 2. The molecule has 0 amide bonds. The molecule has 0 saturated carbocycles. The van der Waals surface area contributed by atoms with E-state index in [1.165, 1.54) is 23.1 Å². The molecule has 0 saturated heterocycles. The Labute approximate surface area is 120 Å². The number of nitrogens with zero attached hydrogens (tertiary/aromatic N) is 3. The van der Waals surface area contributed by atoms with Crippen LogP contribution in [0.25, 0.3) is 5.69 Å². The van der Waals surface area contributed by atoms with E-state index in [4.69, 9.17) is 0 Å². The zero-order chi connectivity index (χ0) is 15.4. The molecule has 0 spiro atoms. The van der Waals surface area contributed by atoms with E-state index in [1.54, 1.807) is 25.2 Å². The van der Waals surface area contributed by atoms with Crippen LogP contribution in [0.1, 0.15) is 11.7 Å². The van der Waals surface area contributed by atoms with E-state index in [0.29, 0.717) is 11.3 Å².